The topological polar surface area (TPSA) is 81.0 Å². The van der Waals surface area contributed by atoms with Gasteiger partial charge in [-0.2, -0.15) is 0 Å². The van der Waals surface area contributed by atoms with Crippen LogP contribution in [0.3, 0.4) is 0 Å². The molecule has 0 bridgehead atoms. The van der Waals surface area contributed by atoms with Crippen molar-refractivity contribution in [3.63, 3.8) is 0 Å². The number of carbonyl (C=O) groups excluding carboxylic acids is 1. The number of methoxy groups -OCH3 is 1. The molecule has 3 N–H and O–H groups in total. The number of hydrogen-bond donors (Lipinski definition) is 2. The van der Waals surface area contributed by atoms with E-state index in [0.717, 1.165) is 33.7 Å². The monoisotopic (exact) mass is 281 g/mol. The Morgan fingerprint density at radius 3 is 2.71 bits per heavy atom. The maximum atomic E-state index is 11.3. The third-order valence-corrected chi connectivity index (χ3v) is 3.31. The highest BCUT2D eigenvalue weighted by Gasteiger charge is 2.08. The smallest absolute Gasteiger partial charge is 0.309 e. The summed E-state index contributed by atoms with van der Waals surface area (Å²) in [6.45, 7) is 0. The second-order valence-electron chi connectivity index (χ2n) is 4.81. The molecule has 2 aromatic carbocycles. The molecule has 0 unspecified atom stereocenters. The van der Waals surface area contributed by atoms with Crippen molar-refractivity contribution < 1.29 is 9.53 Å². The van der Waals surface area contributed by atoms with Crippen LogP contribution in [0.15, 0.2) is 42.5 Å². The van der Waals surface area contributed by atoms with E-state index in [4.69, 9.17) is 5.73 Å². The quantitative estimate of drug-likeness (QED) is 0.571. The summed E-state index contributed by atoms with van der Waals surface area (Å²) in [4.78, 5) is 19.1. The summed E-state index contributed by atoms with van der Waals surface area (Å²) in [6, 6.07) is 13.2. The third-order valence-electron chi connectivity index (χ3n) is 3.31. The van der Waals surface area contributed by atoms with E-state index in [1.807, 2.05) is 42.5 Å². The summed E-state index contributed by atoms with van der Waals surface area (Å²) >= 11 is 0. The van der Waals surface area contributed by atoms with Crippen LogP contribution >= 0.6 is 0 Å². The van der Waals surface area contributed by atoms with E-state index in [1.54, 1.807) is 0 Å². The standard InChI is InChI=1S/C16H15N3O2/c1-21-15(20)9-10-2-7-13-14(8-10)19-16(18-13)11-3-5-12(17)6-4-11/h2-8H,9,17H2,1H3,(H,18,19). The van der Waals surface area contributed by atoms with E-state index in [9.17, 15) is 4.79 Å². The molecule has 0 aliphatic heterocycles. The Labute approximate surface area is 121 Å². The number of anilines is 1. The molecule has 0 amide bonds. The van der Waals surface area contributed by atoms with Gasteiger partial charge in [0.25, 0.3) is 0 Å². The number of nitrogens with two attached hydrogens (primary N) is 1. The van der Waals surface area contributed by atoms with Crippen molar-refractivity contribution in [1.29, 1.82) is 0 Å². The number of nitrogens with zero attached hydrogens (tertiary/aromatic N) is 1. The molecule has 0 saturated heterocycles. The number of esters is 1. The summed E-state index contributed by atoms with van der Waals surface area (Å²) in [6.07, 6.45) is 0.253. The molecule has 21 heavy (non-hydrogen) atoms. The lowest BCUT2D eigenvalue weighted by molar-refractivity contribution is -0.139. The summed E-state index contributed by atoms with van der Waals surface area (Å²) in [5.41, 5.74) is 10.0. The number of nitrogens with one attached hydrogen (secondary N) is 1. The number of rotatable bonds is 3. The largest absolute Gasteiger partial charge is 0.469 e. The van der Waals surface area contributed by atoms with Gasteiger partial charge in [0.2, 0.25) is 0 Å². The van der Waals surface area contributed by atoms with Gasteiger partial charge in [-0.05, 0) is 42.0 Å². The zero-order valence-corrected chi connectivity index (χ0v) is 11.6. The van der Waals surface area contributed by atoms with E-state index < -0.39 is 0 Å². The maximum absolute atomic E-state index is 11.3. The number of fused-ring (bicyclic) bond motifs is 1. The van der Waals surface area contributed by atoms with E-state index in [1.165, 1.54) is 7.11 Å². The van der Waals surface area contributed by atoms with Crippen molar-refractivity contribution in [2.24, 2.45) is 0 Å². The Morgan fingerprint density at radius 2 is 2.00 bits per heavy atom. The predicted molar refractivity (Wildman–Crippen MR) is 81.7 cm³/mol. The van der Waals surface area contributed by atoms with Gasteiger partial charge in [-0.15, -0.1) is 0 Å². The van der Waals surface area contributed by atoms with Crippen LogP contribution in [-0.2, 0) is 16.0 Å². The fourth-order valence-corrected chi connectivity index (χ4v) is 2.18. The minimum atomic E-state index is -0.257. The van der Waals surface area contributed by atoms with Gasteiger partial charge in [-0.25, -0.2) is 4.98 Å². The Hall–Kier alpha value is -2.82. The van der Waals surface area contributed by atoms with E-state index in [-0.39, 0.29) is 12.4 Å². The van der Waals surface area contributed by atoms with Gasteiger partial charge in [0.1, 0.15) is 5.82 Å². The number of carbonyl (C=O) groups is 1. The van der Waals surface area contributed by atoms with Gasteiger partial charge < -0.3 is 15.5 Å². The minimum Gasteiger partial charge on any atom is -0.469 e. The SMILES string of the molecule is COC(=O)Cc1ccc2nc(-c3ccc(N)cc3)[nH]c2c1. The molecule has 0 spiro atoms. The molecule has 0 radical (unpaired) electrons. The maximum Gasteiger partial charge on any atom is 0.309 e. The fourth-order valence-electron chi connectivity index (χ4n) is 2.18. The highest BCUT2D eigenvalue weighted by Crippen LogP contribution is 2.22. The van der Waals surface area contributed by atoms with Crippen molar-refractivity contribution in [3.05, 3.63) is 48.0 Å². The highest BCUT2D eigenvalue weighted by atomic mass is 16.5. The summed E-state index contributed by atoms with van der Waals surface area (Å²) in [7, 11) is 1.39. The number of aromatic nitrogens is 2. The Balaban J connectivity index is 1.96. The molecule has 5 heteroatoms. The van der Waals surface area contributed by atoms with Crippen LogP contribution in [0.1, 0.15) is 5.56 Å². The number of H-pyrrole nitrogens is 1. The molecule has 0 saturated carbocycles. The summed E-state index contributed by atoms with van der Waals surface area (Å²) < 4.78 is 4.68. The lowest BCUT2D eigenvalue weighted by Crippen LogP contribution is -2.04. The zero-order chi connectivity index (χ0) is 14.8. The number of hydrogen-bond acceptors (Lipinski definition) is 4. The van der Waals surface area contributed by atoms with Crippen LogP contribution in [0, 0.1) is 0 Å². The Bertz CT molecular complexity index is 791. The number of imidazole rings is 1. The molecule has 3 rings (SSSR count). The zero-order valence-electron chi connectivity index (χ0n) is 11.6. The number of ether oxygens (including phenoxy) is 1. The molecule has 0 atom stereocenters. The fraction of sp³-hybridized carbons (Fsp3) is 0.125. The van der Waals surface area contributed by atoms with Gasteiger partial charge in [0, 0.05) is 11.3 Å². The van der Waals surface area contributed by atoms with Crippen molar-refractivity contribution in [3.8, 4) is 11.4 Å². The predicted octanol–water partition coefficient (Wildman–Crippen LogP) is 2.53. The van der Waals surface area contributed by atoms with Gasteiger partial charge in [-0.3, -0.25) is 4.79 Å². The molecule has 3 aromatic rings. The van der Waals surface area contributed by atoms with Crippen LogP contribution < -0.4 is 5.73 Å². The van der Waals surface area contributed by atoms with Crippen molar-refractivity contribution in [2.45, 2.75) is 6.42 Å². The second kappa shape index (κ2) is 5.28. The van der Waals surface area contributed by atoms with Crippen LogP contribution in [-0.4, -0.2) is 23.0 Å². The first kappa shape index (κ1) is 13.2. The van der Waals surface area contributed by atoms with Gasteiger partial charge in [0.05, 0.1) is 24.6 Å². The normalized spacial score (nSPS) is 10.7. The van der Waals surface area contributed by atoms with Gasteiger partial charge >= 0.3 is 5.97 Å². The lowest BCUT2D eigenvalue weighted by Gasteiger charge is -1.99. The first-order valence-corrected chi connectivity index (χ1v) is 6.57. The average Bonchev–Trinajstić information content (AvgIpc) is 2.91. The molecule has 0 aliphatic rings. The second-order valence-corrected chi connectivity index (χ2v) is 4.81. The van der Waals surface area contributed by atoms with Crippen molar-refractivity contribution >= 4 is 22.7 Å². The van der Waals surface area contributed by atoms with Crippen LogP contribution in [0.5, 0.6) is 0 Å². The van der Waals surface area contributed by atoms with Gasteiger partial charge in [-0.1, -0.05) is 6.07 Å². The third kappa shape index (κ3) is 2.72. The first-order chi connectivity index (χ1) is 10.2. The van der Waals surface area contributed by atoms with Crippen molar-refractivity contribution in [1.82, 2.24) is 9.97 Å². The van der Waals surface area contributed by atoms with Crippen LogP contribution in [0.25, 0.3) is 22.4 Å². The minimum absolute atomic E-state index is 0.253. The van der Waals surface area contributed by atoms with Crippen LogP contribution in [0.2, 0.25) is 0 Å². The average molecular weight is 281 g/mol. The van der Waals surface area contributed by atoms with E-state index in [0.29, 0.717) is 0 Å². The van der Waals surface area contributed by atoms with Crippen molar-refractivity contribution in [2.75, 3.05) is 12.8 Å². The first-order valence-electron chi connectivity index (χ1n) is 6.57. The molecule has 0 fully saturated rings. The van der Waals surface area contributed by atoms with Crippen LogP contribution in [0.4, 0.5) is 5.69 Å². The van der Waals surface area contributed by atoms with Gasteiger partial charge in [0.15, 0.2) is 0 Å². The Morgan fingerprint density at radius 1 is 1.24 bits per heavy atom. The molecule has 106 valence electrons. The lowest BCUT2D eigenvalue weighted by atomic mass is 10.1. The number of nitrogen functional groups attached to an aromatic ring is 1. The molecule has 1 aromatic heterocycles. The summed E-state index contributed by atoms with van der Waals surface area (Å²) in [5.74, 6) is 0.521. The highest BCUT2D eigenvalue weighted by molar-refractivity contribution is 5.82. The Kier molecular flexibility index (Phi) is 3.31. The summed E-state index contributed by atoms with van der Waals surface area (Å²) in [5, 5.41) is 0. The molecular weight excluding hydrogens is 266 g/mol. The molecule has 5 nitrogen and oxygen atoms in total. The van der Waals surface area contributed by atoms with E-state index >= 15 is 0 Å². The molecular formula is C16H15N3O2. The van der Waals surface area contributed by atoms with E-state index in [2.05, 4.69) is 14.7 Å². The molecule has 1 heterocycles. The molecule has 0 aliphatic carbocycles. The number of benzene rings is 2. The number of aromatic amines is 1.